The van der Waals surface area contributed by atoms with Gasteiger partial charge in [0.05, 0.1) is 5.71 Å². The second kappa shape index (κ2) is 10.9. The Kier molecular flexibility index (Phi) is 9.18. The SMILES string of the molecule is CCCCCC/C(=N/O)c1cc(CCCCCC)c(O)cc1O. The molecule has 130 valence electrons. The maximum atomic E-state index is 10.1. The summed E-state index contributed by atoms with van der Waals surface area (Å²) >= 11 is 0. The molecule has 0 aliphatic heterocycles. The zero-order chi connectivity index (χ0) is 17.1. The van der Waals surface area contributed by atoms with Crippen LogP contribution in [-0.2, 0) is 6.42 Å². The highest BCUT2D eigenvalue weighted by Crippen LogP contribution is 2.30. The first-order valence-corrected chi connectivity index (χ1v) is 8.90. The van der Waals surface area contributed by atoms with Crippen LogP contribution in [-0.4, -0.2) is 21.1 Å². The highest BCUT2D eigenvalue weighted by Gasteiger charge is 2.14. The maximum absolute atomic E-state index is 10.1. The van der Waals surface area contributed by atoms with Crippen LogP contribution in [0.1, 0.15) is 82.8 Å². The highest BCUT2D eigenvalue weighted by atomic mass is 16.4. The quantitative estimate of drug-likeness (QED) is 0.222. The lowest BCUT2D eigenvalue weighted by molar-refractivity contribution is 0.317. The van der Waals surface area contributed by atoms with Crippen LogP contribution >= 0.6 is 0 Å². The van der Waals surface area contributed by atoms with E-state index < -0.39 is 0 Å². The molecule has 0 saturated heterocycles. The molecule has 0 bridgehead atoms. The minimum absolute atomic E-state index is 0.0249. The summed E-state index contributed by atoms with van der Waals surface area (Å²) in [6.07, 6.45) is 10.2. The third kappa shape index (κ3) is 6.51. The molecule has 4 heteroatoms. The van der Waals surface area contributed by atoms with Gasteiger partial charge in [-0.05, 0) is 37.3 Å². The van der Waals surface area contributed by atoms with Crippen LogP contribution < -0.4 is 0 Å². The van der Waals surface area contributed by atoms with E-state index in [-0.39, 0.29) is 11.5 Å². The van der Waals surface area contributed by atoms with Gasteiger partial charge in [-0.2, -0.15) is 0 Å². The molecule has 3 N–H and O–H groups in total. The second-order valence-corrected chi connectivity index (χ2v) is 6.17. The number of phenols is 2. The monoisotopic (exact) mass is 321 g/mol. The number of nitrogens with zero attached hydrogens (tertiary/aromatic N) is 1. The highest BCUT2D eigenvalue weighted by molar-refractivity contribution is 6.02. The Balaban J connectivity index is 2.79. The van der Waals surface area contributed by atoms with Crippen LogP contribution in [0.15, 0.2) is 17.3 Å². The summed E-state index contributed by atoms with van der Waals surface area (Å²) in [4.78, 5) is 0. The molecule has 0 aliphatic carbocycles. The number of aryl methyl sites for hydroxylation is 1. The number of phenolic OH excluding ortho intramolecular Hbond substituents is 2. The van der Waals surface area contributed by atoms with Crippen molar-refractivity contribution >= 4 is 5.71 Å². The van der Waals surface area contributed by atoms with Gasteiger partial charge in [0, 0.05) is 11.6 Å². The first kappa shape index (κ1) is 19.3. The number of hydrogen-bond donors (Lipinski definition) is 3. The Morgan fingerprint density at radius 2 is 1.52 bits per heavy atom. The van der Waals surface area contributed by atoms with Crippen molar-refractivity contribution in [3.63, 3.8) is 0 Å². The van der Waals surface area contributed by atoms with Crippen LogP contribution in [0.3, 0.4) is 0 Å². The molecular formula is C19H31NO3. The van der Waals surface area contributed by atoms with E-state index in [0.717, 1.165) is 50.5 Å². The van der Waals surface area contributed by atoms with Crippen molar-refractivity contribution in [1.82, 2.24) is 0 Å². The van der Waals surface area contributed by atoms with Crippen molar-refractivity contribution in [2.45, 2.75) is 78.1 Å². The average molecular weight is 321 g/mol. The van der Waals surface area contributed by atoms with E-state index in [2.05, 4.69) is 19.0 Å². The first-order chi connectivity index (χ1) is 11.1. The van der Waals surface area contributed by atoms with Crippen molar-refractivity contribution in [1.29, 1.82) is 0 Å². The predicted molar refractivity (Wildman–Crippen MR) is 94.7 cm³/mol. The summed E-state index contributed by atoms with van der Waals surface area (Å²) in [5.74, 6) is 0.0918. The topological polar surface area (TPSA) is 73.1 Å². The van der Waals surface area contributed by atoms with Crippen molar-refractivity contribution in [3.8, 4) is 11.5 Å². The van der Waals surface area contributed by atoms with Crippen molar-refractivity contribution < 1.29 is 15.4 Å². The second-order valence-electron chi connectivity index (χ2n) is 6.17. The molecule has 1 rings (SSSR count). The van der Waals surface area contributed by atoms with Crippen LogP contribution in [0, 0.1) is 0 Å². The smallest absolute Gasteiger partial charge is 0.128 e. The number of rotatable bonds is 11. The molecule has 0 atom stereocenters. The molecule has 0 heterocycles. The minimum Gasteiger partial charge on any atom is -0.508 e. The van der Waals surface area contributed by atoms with Crippen molar-refractivity contribution in [2.75, 3.05) is 0 Å². The van der Waals surface area contributed by atoms with Crippen molar-refractivity contribution in [3.05, 3.63) is 23.3 Å². The maximum Gasteiger partial charge on any atom is 0.128 e. The number of hydrogen-bond acceptors (Lipinski definition) is 4. The van der Waals surface area contributed by atoms with Crippen LogP contribution in [0.4, 0.5) is 0 Å². The molecule has 4 nitrogen and oxygen atoms in total. The number of oxime groups is 1. The molecular weight excluding hydrogens is 290 g/mol. The third-order valence-electron chi connectivity index (χ3n) is 4.20. The van der Waals surface area contributed by atoms with E-state index in [1.165, 1.54) is 18.9 Å². The van der Waals surface area contributed by atoms with Gasteiger partial charge in [-0.25, -0.2) is 0 Å². The zero-order valence-corrected chi connectivity index (χ0v) is 14.5. The number of benzene rings is 1. The zero-order valence-electron chi connectivity index (χ0n) is 14.5. The lowest BCUT2D eigenvalue weighted by Gasteiger charge is -2.11. The fraction of sp³-hybridized carbons (Fsp3) is 0.632. The molecule has 0 aromatic heterocycles. The molecule has 0 aliphatic rings. The fourth-order valence-electron chi connectivity index (χ4n) is 2.75. The normalized spacial score (nSPS) is 11.8. The molecule has 1 aromatic carbocycles. The lowest BCUT2D eigenvalue weighted by atomic mass is 9.97. The lowest BCUT2D eigenvalue weighted by Crippen LogP contribution is -2.03. The van der Waals surface area contributed by atoms with E-state index >= 15 is 0 Å². The largest absolute Gasteiger partial charge is 0.508 e. The van der Waals surface area contributed by atoms with Crippen LogP contribution in [0.25, 0.3) is 0 Å². The summed E-state index contributed by atoms with van der Waals surface area (Å²) in [6, 6.07) is 3.13. The van der Waals surface area contributed by atoms with Crippen LogP contribution in [0.5, 0.6) is 11.5 Å². The number of aromatic hydroxyl groups is 2. The molecule has 0 unspecified atom stereocenters. The van der Waals surface area contributed by atoms with E-state index in [0.29, 0.717) is 17.7 Å². The minimum atomic E-state index is -0.0249. The Morgan fingerprint density at radius 3 is 2.13 bits per heavy atom. The predicted octanol–water partition coefficient (Wildman–Crippen LogP) is 5.37. The summed E-state index contributed by atoms with van der Waals surface area (Å²) in [6.45, 7) is 4.32. The van der Waals surface area contributed by atoms with E-state index in [4.69, 9.17) is 0 Å². The summed E-state index contributed by atoms with van der Waals surface area (Å²) in [5, 5.41) is 32.7. The standard InChI is InChI=1S/C19H31NO3/c1-3-5-7-9-11-15-13-16(19(22)14-18(15)21)17(20-23)12-10-8-6-4-2/h13-14,21-23H,3-12H2,1-2H3/b20-17-. The Labute approximate surface area is 139 Å². The van der Waals surface area contributed by atoms with Crippen LogP contribution in [0.2, 0.25) is 0 Å². The molecule has 1 aromatic rings. The summed E-state index contributed by atoms with van der Waals surface area (Å²) < 4.78 is 0. The third-order valence-corrected chi connectivity index (χ3v) is 4.20. The molecule has 0 spiro atoms. The Bertz CT molecular complexity index is 498. The molecule has 0 radical (unpaired) electrons. The van der Waals surface area contributed by atoms with Gasteiger partial charge in [0.15, 0.2) is 0 Å². The van der Waals surface area contributed by atoms with Gasteiger partial charge >= 0.3 is 0 Å². The Hall–Kier alpha value is -1.71. The molecule has 0 fully saturated rings. The van der Waals surface area contributed by atoms with Gasteiger partial charge in [0.1, 0.15) is 11.5 Å². The Morgan fingerprint density at radius 1 is 0.870 bits per heavy atom. The molecule has 23 heavy (non-hydrogen) atoms. The summed E-state index contributed by atoms with van der Waals surface area (Å²) in [5.41, 5.74) is 1.84. The van der Waals surface area contributed by atoms with Crippen molar-refractivity contribution in [2.24, 2.45) is 5.16 Å². The first-order valence-electron chi connectivity index (χ1n) is 8.90. The van der Waals surface area contributed by atoms with Gasteiger partial charge in [0.25, 0.3) is 0 Å². The summed E-state index contributed by atoms with van der Waals surface area (Å²) in [7, 11) is 0. The number of unbranched alkanes of at least 4 members (excludes halogenated alkanes) is 6. The van der Waals surface area contributed by atoms with E-state index in [1.807, 2.05) is 0 Å². The molecule has 0 saturated carbocycles. The fourth-order valence-corrected chi connectivity index (χ4v) is 2.75. The van der Waals surface area contributed by atoms with Gasteiger partial charge in [-0.15, -0.1) is 0 Å². The van der Waals surface area contributed by atoms with Gasteiger partial charge in [-0.1, -0.05) is 57.5 Å². The van der Waals surface area contributed by atoms with Gasteiger partial charge in [0.2, 0.25) is 0 Å². The van der Waals surface area contributed by atoms with Gasteiger partial charge < -0.3 is 15.4 Å². The average Bonchev–Trinajstić information content (AvgIpc) is 2.54. The van der Waals surface area contributed by atoms with Gasteiger partial charge in [-0.3, -0.25) is 0 Å². The molecule has 0 amide bonds. The van der Waals surface area contributed by atoms with E-state index in [9.17, 15) is 15.4 Å². The van der Waals surface area contributed by atoms with E-state index in [1.54, 1.807) is 6.07 Å².